The van der Waals surface area contributed by atoms with Crippen LogP contribution >= 0.6 is 0 Å². The zero-order valence-corrected chi connectivity index (χ0v) is 18.6. The molecule has 0 aliphatic carbocycles. The number of alkyl halides is 9. The first-order valence-corrected chi connectivity index (χ1v) is 10.2. The van der Waals surface area contributed by atoms with E-state index >= 15 is 0 Å². The summed E-state index contributed by atoms with van der Waals surface area (Å²) in [6.45, 7) is 0. The van der Waals surface area contributed by atoms with Crippen LogP contribution in [0.3, 0.4) is 0 Å². The van der Waals surface area contributed by atoms with Gasteiger partial charge >= 0.3 is 18.5 Å². The summed E-state index contributed by atoms with van der Waals surface area (Å²) in [5, 5.41) is 3.75. The average molecular weight is 550 g/mol. The molecular weight excluding hydrogens is 535 g/mol. The second-order valence-electron chi connectivity index (χ2n) is 7.77. The minimum atomic E-state index is -5.24. The van der Waals surface area contributed by atoms with Gasteiger partial charge in [0.2, 0.25) is 0 Å². The van der Waals surface area contributed by atoms with Crippen molar-refractivity contribution in [3.05, 3.63) is 82.4 Å². The van der Waals surface area contributed by atoms with Crippen molar-refractivity contribution in [2.24, 2.45) is 0 Å². The van der Waals surface area contributed by atoms with E-state index in [2.05, 4.69) is 0 Å². The van der Waals surface area contributed by atoms with E-state index in [4.69, 9.17) is 11.5 Å². The molecule has 202 valence electrons. The Bertz CT molecular complexity index is 1400. The number of carbonyl (C=O) groups excluding carboxylic acids is 2. The predicted molar refractivity (Wildman–Crippen MR) is 119 cm³/mol. The minimum Gasteiger partial charge on any atom is -0.399 e. The van der Waals surface area contributed by atoms with Gasteiger partial charge in [0.05, 0.1) is 27.9 Å². The van der Waals surface area contributed by atoms with E-state index in [0.717, 1.165) is 30.3 Å². The Morgan fingerprint density at radius 2 is 1.21 bits per heavy atom. The summed E-state index contributed by atoms with van der Waals surface area (Å²) in [5.74, 6) is -2.84. The van der Waals surface area contributed by atoms with Crippen LogP contribution in [-0.4, -0.2) is 11.8 Å². The van der Waals surface area contributed by atoms with Crippen LogP contribution in [-0.2, 0) is 18.5 Å². The third kappa shape index (κ3) is 6.27. The molecule has 0 radical (unpaired) electrons. The molecule has 0 aromatic heterocycles. The number of nitrogen functional groups attached to an aromatic ring is 2. The summed E-state index contributed by atoms with van der Waals surface area (Å²) in [5.41, 5.74) is 2.15. The Morgan fingerprint density at radius 1 is 0.605 bits per heavy atom. The first-order valence-electron chi connectivity index (χ1n) is 10.2. The molecule has 0 spiro atoms. The smallest absolute Gasteiger partial charge is 0.399 e. The van der Waals surface area contributed by atoms with E-state index in [1.54, 1.807) is 0 Å². The molecule has 0 aliphatic heterocycles. The van der Waals surface area contributed by atoms with Gasteiger partial charge in [-0.15, -0.1) is 0 Å². The van der Waals surface area contributed by atoms with Crippen molar-refractivity contribution in [3.63, 3.8) is 0 Å². The summed E-state index contributed by atoms with van der Waals surface area (Å²) < 4.78 is 120. The molecule has 15 heteroatoms. The van der Waals surface area contributed by atoms with E-state index in [1.807, 2.05) is 10.6 Å². The number of nitrogens with two attached hydrogens (primary N) is 2. The number of rotatable bonds is 4. The van der Waals surface area contributed by atoms with Crippen LogP contribution in [0.1, 0.15) is 37.4 Å². The number of anilines is 4. The fourth-order valence-corrected chi connectivity index (χ4v) is 3.30. The van der Waals surface area contributed by atoms with Crippen molar-refractivity contribution < 1.29 is 49.1 Å². The maximum atomic E-state index is 13.7. The highest BCUT2D eigenvalue weighted by Crippen LogP contribution is 2.38. The van der Waals surface area contributed by atoms with Crippen LogP contribution in [0.2, 0.25) is 0 Å². The van der Waals surface area contributed by atoms with Crippen LogP contribution in [0, 0.1) is 0 Å². The lowest BCUT2D eigenvalue weighted by Gasteiger charge is -2.17. The molecule has 0 aliphatic rings. The molecule has 0 heterocycles. The summed E-state index contributed by atoms with van der Waals surface area (Å²) in [6, 6.07) is 6.02. The van der Waals surface area contributed by atoms with Gasteiger partial charge in [-0.3, -0.25) is 9.59 Å². The van der Waals surface area contributed by atoms with Crippen molar-refractivity contribution >= 4 is 34.6 Å². The van der Waals surface area contributed by atoms with Crippen LogP contribution < -0.4 is 22.1 Å². The van der Waals surface area contributed by atoms with Gasteiger partial charge in [0.25, 0.3) is 11.8 Å². The van der Waals surface area contributed by atoms with Crippen LogP contribution in [0.4, 0.5) is 62.3 Å². The highest BCUT2D eigenvalue weighted by atomic mass is 19.4. The highest BCUT2D eigenvalue weighted by Gasteiger charge is 2.38. The summed E-state index contributed by atoms with van der Waals surface area (Å²) in [4.78, 5) is 25.0. The Kier molecular flexibility index (Phi) is 7.25. The Hall–Kier alpha value is -4.43. The van der Waals surface area contributed by atoms with Crippen molar-refractivity contribution in [1.29, 1.82) is 0 Å². The van der Waals surface area contributed by atoms with Gasteiger partial charge in [0.15, 0.2) is 0 Å². The maximum Gasteiger partial charge on any atom is 0.418 e. The van der Waals surface area contributed by atoms with Crippen molar-refractivity contribution in [2.75, 3.05) is 22.1 Å². The van der Waals surface area contributed by atoms with E-state index in [1.165, 1.54) is 0 Å². The number of carbonyl (C=O) groups is 2. The van der Waals surface area contributed by atoms with Crippen LogP contribution in [0.25, 0.3) is 0 Å². The van der Waals surface area contributed by atoms with Gasteiger partial charge in [-0.25, -0.2) is 0 Å². The molecule has 0 fully saturated rings. The summed E-state index contributed by atoms with van der Waals surface area (Å²) in [6.07, 6.45) is -15.1. The number of benzene rings is 3. The highest BCUT2D eigenvalue weighted by molar-refractivity contribution is 6.08. The minimum absolute atomic E-state index is 0.221. The van der Waals surface area contributed by atoms with E-state index in [-0.39, 0.29) is 11.8 Å². The molecule has 38 heavy (non-hydrogen) atoms. The first-order chi connectivity index (χ1) is 17.4. The summed E-state index contributed by atoms with van der Waals surface area (Å²) >= 11 is 0. The number of hydrogen-bond donors (Lipinski definition) is 4. The second kappa shape index (κ2) is 9.79. The standard InChI is InChI=1S/C23H15F9N4O2/c24-21(25,26)14-7-10(19(37)36-18-6-2-11(33)8-16(18)23(30,31)32)1-4-13(14)20(38)35-12-3-5-17(34)15(9-12)22(27,28)29/h1-9H,33-34H2,(H,35,38)(H,36,37). The Labute approximate surface area is 207 Å². The van der Waals surface area contributed by atoms with Gasteiger partial charge in [-0.05, 0) is 54.6 Å². The van der Waals surface area contributed by atoms with Crippen LogP contribution in [0.15, 0.2) is 54.6 Å². The molecule has 0 unspecified atom stereocenters. The maximum absolute atomic E-state index is 13.7. The molecular formula is C23H15F9N4O2. The van der Waals surface area contributed by atoms with Gasteiger partial charge < -0.3 is 22.1 Å². The third-order valence-corrected chi connectivity index (χ3v) is 5.05. The molecule has 0 saturated carbocycles. The molecule has 3 rings (SSSR count). The van der Waals surface area contributed by atoms with Crippen molar-refractivity contribution in [2.45, 2.75) is 18.5 Å². The predicted octanol–water partition coefficient (Wildman–Crippen LogP) is 6.41. The average Bonchev–Trinajstić information content (AvgIpc) is 2.79. The van der Waals surface area contributed by atoms with Crippen molar-refractivity contribution in [1.82, 2.24) is 0 Å². The van der Waals surface area contributed by atoms with E-state index in [9.17, 15) is 49.1 Å². The molecule has 0 atom stereocenters. The molecule has 6 nitrogen and oxygen atoms in total. The number of nitrogens with one attached hydrogen (secondary N) is 2. The monoisotopic (exact) mass is 550 g/mol. The van der Waals surface area contributed by atoms with E-state index in [0.29, 0.717) is 18.2 Å². The fourth-order valence-electron chi connectivity index (χ4n) is 3.30. The zero-order valence-electron chi connectivity index (χ0n) is 18.6. The Morgan fingerprint density at radius 3 is 1.79 bits per heavy atom. The number of amides is 2. The SMILES string of the molecule is Nc1ccc(NC(=O)c2ccc(C(=O)Nc3ccc(N)c(C(F)(F)F)c3)c(C(F)(F)F)c2)c(C(F)(F)F)c1. The van der Waals surface area contributed by atoms with Gasteiger partial charge in [0, 0.05) is 22.6 Å². The topological polar surface area (TPSA) is 110 Å². The lowest BCUT2D eigenvalue weighted by molar-refractivity contribution is -0.138. The largest absolute Gasteiger partial charge is 0.418 e. The van der Waals surface area contributed by atoms with Gasteiger partial charge in [-0.1, -0.05) is 0 Å². The first kappa shape index (κ1) is 28.1. The van der Waals surface area contributed by atoms with E-state index < -0.39 is 75.2 Å². The van der Waals surface area contributed by atoms with Gasteiger partial charge in [-0.2, -0.15) is 39.5 Å². The molecule has 3 aromatic carbocycles. The van der Waals surface area contributed by atoms with Crippen molar-refractivity contribution in [3.8, 4) is 0 Å². The summed E-state index contributed by atoms with van der Waals surface area (Å²) in [7, 11) is 0. The zero-order chi connectivity index (χ0) is 28.6. The lowest BCUT2D eigenvalue weighted by Crippen LogP contribution is -2.22. The molecule has 6 N–H and O–H groups in total. The quantitative estimate of drug-likeness (QED) is 0.222. The second-order valence-corrected chi connectivity index (χ2v) is 7.77. The normalized spacial score (nSPS) is 12.2. The number of halogens is 9. The molecule has 2 amide bonds. The lowest BCUT2D eigenvalue weighted by atomic mass is 10.0. The third-order valence-electron chi connectivity index (χ3n) is 5.05. The fraction of sp³-hybridized carbons (Fsp3) is 0.130. The molecule has 0 bridgehead atoms. The molecule has 3 aromatic rings. The van der Waals surface area contributed by atoms with Crippen LogP contribution in [0.5, 0.6) is 0 Å². The Balaban J connectivity index is 1.95. The number of hydrogen-bond acceptors (Lipinski definition) is 4. The van der Waals surface area contributed by atoms with Gasteiger partial charge in [0.1, 0.15) is 0 Å². The molecule has 0 saturated heterocycles.